The largest absolute Gasteiger partial charge is 0.492 e. The van der Waals surface area contributed by atoms with Crippen LogP contribution in [-0.2, 0) is 6.42 Å². The fraction of sp³-hybridized carbons (Fsp3) is 0.538. The van der Waals surface area contributed by atoms with Crippen molar-refractivity contribution < 1.29 is 14.6 Å². The molecule has 0 unspecified atom stereocenters. The highest BCUT2D eigenvalue weighted by Crippen LogP contribution is 2.30. The summed E-state index contributed by atoms with van der Waals surface area (Å²) in [5.74, 6) is -0.549. The monoisotopic (exact) mass is 267 g/mol. The van der Waals surface area contributed by atoms with E-state index in [1.54, 1.807) is 6.07 Å². The first-order valence-corrected chi connectivity index (χ1v) is 6.61. The Hall–Kier alpha value is -1.54. The number of aromatic carboxylic acids is 1. The molecule has 0 bridgehead atoms. The number of hydrogen-bond donors (Lipinski definition) is 1. The molecule has 0 aliphatic carbocycles. The van der Waals surface area contributed by atoms with Crippen molar-refractivity contribution in [2.45, 2.75) is 33.6 Å². The molecule has 0 aliphatic heterocycles. The van der Waals surface area contributed by atoms with Gasteiger partial charge in [0.2, 0.25) is 0 Å². The molecule has 1 heterocycles. The average molecular weight is 267 g/mol. The van der Waals surface area contributed by atoms with Crippen LogP contribution in [0.5, 0.6) is 5.75 Å². The minimum absolute atomic E-state index is 0.238. The molecule has 4 nitrogen and oxygen atoms in total. The van der Waals surface area contributed by atoms with Gasteiger partial charge in [0.25, 0.3) is 0 Å². The Morgan fingerprint density at radius 3 is 2.78 bits per heavy atom. The van der Waals surface area contributed by atoms with Crippen molar-refractivity contribution in [2.75, 3.05) is 6.61 Å². The number of nitrogens with zero attached hydrogens (tertiary/aromatic N) is 1. The van der Waals surface area contributed by atoms with Gasteiger partial charge in [-0.3, -0.25) is 0 Å². The van der Waals surface area contributed by atoms with Gasteiger partial charge in [-0.05, 0) is 32.8 Å². The lowest BCUT2D eigenvalue weighted by molar-refractivity contribution is 0.0697. The lowest BCUT2D eigenvalue weighted by Crippen LogP contribution is -2.13. The maximum atomic E-state index is 11.0. The van der Waals surface area contributed by atoms with Crippen molar-refractivity contribution in [1.82, 2.24) is 0 Å². The first-order chi connectivity index (χ1) is 8.39. The number of thiophene rings is 1. The zero-order valence-electron chi connectivity index (χ0n) is 10.8. The van der Waals surface area contributed by atoms with Crippen LogP contribution >= 0.6 is 11.3 Å². The minimum atomic E-state index is -0.964. The molecule has 1 rings (SSSR count). The number of ether oxygens (including phenoxy) is 1. The topological polar surface area (TPSA) is 70.3 Å². The summed E-state index contributed by atoms with van der Waals surface area (Å²) in [5, 5.41) is 17.9. The third kappa shape index (κ3) is 3.74. The maximum absolute atomic E-state index is 11.0. The van der Waals surface area contributed by atoms with E-state index in [9.17, 15) is 4.79 Å². The van der Waals surface area contributed by atoms with Gasteiger partial charge in [0.15, 0.2) is 4.88 Å². The summed E-state index contributed by atoms with van der Waals surface area (Å²) in [4.78, 5) is 12.3. The molecule has 0 saturated heterocycles. The first-order valence-electron chi connectivity index (χ1n) is 5.79. The highest BCUT2D eigenvalue weighted by molar-refractivity contribution is 7.14. The Bertz CT molecular complexity index is 471. The second-order valence-electron chi connectivity index (χ2n) is 4.66. The zero-order chi connectivity index (χ0) is 13.8. The normalized spacial score (nSPS) is 11.0. The molecule has 1 aromatic rings. The molecular formula is C13H17NO3S. The van der Waals surface area contributed by atoms with E-state index in [1.807, 2.05) is 20.8 Å². The third-order valence-electron chi connectivity index (χ3n) is 2.58. The van der Waals surface area contributed by atoms with Gasteiger partial charge in [-0.25, -0.2) is 4.79 Å². The second kappa shape index (κ2) is 5.87. The van der Waals surface area contributed by atoms with Gasteiger partial charge in [-0.1, -0.05) is 6.92 Å². The summed E-state index contributed by atoms with van der Waals surface area (Å²) in [7, 11) is 0. The first kappa shape index (κ1) is 14.5. The standard InChI is InChI=1S/C13H17NO3S/c1-4-9-7-10(11(18-9)12(15)16)17-6-5-13(2,3)8-14/h7H,4-6H2,1-3H3,(H,15,16). The SMILES string of the molecule is CCc1cc(OCCC(C)(C)C#N)c(C(=O)O)s1. The van der Waals surface area contributed by atoms with Gasteiger partial charge in [-0.15, -0.1) is 11.3 Å². The summed E-state index contributed by atoms with van der Waals surface area (Å²) in [5.41, 5.74) is -0.451. The van der Waals surface area contributed by atoms with Crippen LogP contribution in [0.25, 0.3) is 0 Å². The van der Waals surface area contributed by atoms with E-state index in [-0.39, 0.29) is 4.88 Å². The zero-order valence-corrected chi connectivity index (χ0v) is 11.6. The van der Waals surface area contributed by atoms with Crippen LogP contribution in [0, 0.1) is 16.7 Å². The Balaban J connectivity index is 2.70. The van der Waals surface area contributed by atoms with Gasteiger partial charge in [0, 0.05) is 4.88 Å². The van der Waals surface area contributed by atoms with Crippen LogP contribution in [0.15, 0.2) is 6.07 Å². The summed E-state index contributed by atoms with van der Waals surface area (Å²) in [6.07, 6.45) is 1.36. The molecule has 18 heavy (non-hydrogen) atoms. The van der Waals surface area contributed by atoms with E-state index < -0.39 is 11.4 Å². The van der Waals surface area contributed by atoms with Crippen LogP contribution in [0.4, 0.5) is 0 Å². The number of carboxylic acids is 1. The predicted octanol–water partition coefficient (Wildman–Crippen LogP) is 3.33. The molecule has 1 aromatic heterocycles. The fourth-order valence-electron chi connectivity index (χ4n) is 1.33. The summed E-state index contributed by atoms with van der Waals surface area (Å²) >= 11 is 1.24. The smallest absolute Gasteiger partial charge is 0.349 e. The quantitative estimate of drug-likeness (QED) is 0.858. The van der Waals surface area contributed by atoms with Crippen molar-refractivity contribution in [3.63, 3.8) is 0 Å². The van der Waals surface area contributed by atoms with Crippen LogP contribution in [0.3, 0.4) is 0 Å². The van der Waals surface area contributed by atoms with E-state index in [1.165, 1.54) is 11.3 Å². The Kier molecular flexibility index (Phi) is 4.74. The molecular weight excluding hydrogens is 250 g/mol. The number of rotatable bonds is 6. The number of nitriles is 1. The predicted molar refractivity (Wildman–Crippen MR) is 70.2 cm³/mol. The summed E-state index contributed by atoms with van der Waals surface area (Å²) < 4.78 is 5.50. The van der Waals surface area contributed by atoms with E-state index in [2.05, 4.69) is 6.07 Å². The van der Waals surface area contributed by atoms with E-state index in [0.29, 0.717) is 18.8 Å². The van der Waals surface area contributed by atoms with Gasteiger partial charge < -0.3 is 9.84 Å². The molecule has 0 aromatic carbocycles. The number of carboxylic acid groups (broad SMARTS) is 1. The van der Waals surface area contributed by atoms with Crippen molar-refractivity contribution in [3.8, 4) is 11.8 Å². The van der Waals surface area contributed by atoms with E-state index in [0.717, 1.165) is 11.3 Å². The third-order valence-corrected chi connectivity index (χ3v) is 3.83. The minimum Gasteiger partial charge on any atom is -0.492 e. The van der Waals surface area contributed by atoms with E-state index in [4.69, 9.17) is 15.1 Å². The Labute approximate surface area is 111 Å². The maximum Gasteiger partial charge on any atom is 0.349 e. The molecule has 0 amide bonds. The highest BCUT2D eigenvalue weighted by atomic mass is 32.1. The summed E-state index contributed by atoms with van der Waals surface area (Å²) in [6.45, 7) is 5.99. The van der Waals surface area contributed by atoms with Crippen molar-refractivity contribution in [2.24, 2.45) is 5.41 Å². The molecule has 1 N–H and O–H groups in total. The summed E-state index contributed by atoms with van der Waals surface area (Å²) in [6, 6.07) is 3.96. The van der Waals surface area contributed by atoms with Crippen LogP contribution < -0.4 is 4.74 Å². The van der Waals surface area contributed by atoms with Gasteiger partial charge in [0.1, 0.15) is 5.75 Å². The van der Waals surface area contributed by atoms with Crippen molar-refractivity contribution in [3.05, 3.63) is 15.8 Å². The molecule has 98 valence electrons. The fourth-order valence-corrected chi connectivity index (χ4v) is 2.20. The molecule has 5 heteroatoms. The molecule has 0 aliphatic rings. The second-order valence-corrected chi connectivity index (χ2v) is 5.80. The van der Waals surface area contributed by atoms with Crippen molar-refractivity contribution >= 4 is 17.3 Å². The van der Waals surface area contributed by atoms with Gasteiger partial charge in [-0.2, -0.15) is 5.26 Å². The van der Waals surface area contributed by atoms with E-state index >= 15 is 0 Å². The molecule has 0 spiro atoms. The molecule has 0 fully saturated rings. The van der Waals surface area contributed by atoms with Crippen LogP contribution in [0.2, 0.25) is 0 Å². The Morgan fingerprint density at radius 2 is 2.28 bits per heavy atom. The number of carbonyl (C=O) groups is 1. The van der Waals surface area contributed by atoms with Crippen molar-refractivity contribution in [1.29, 1.82) is 5.26 Å². The highest BCUT2D eigenvalue weighted by Gasteiger charge is 2.19. The lowest BCUT2D eigenvalue weighted by atomic mass is 9.92. The molecule has 0 saturated carbocycles. The number of hydrogen-bond acceptors (Lipinski definition) is 4. The number of aryl methyl sites for hydroxylation is 1. The average Bonchev–Trinajstić information content (AvgIpc) is 2.72. The Morgan fingerprint density at radius 1 is 1.61 bits per heavy atom. The van der Waals surface area contributed by atoms with Gasteiger partial charge in [0.05, 0.1) is 18.1 Å². The van der Waals surface area contributed by atoms with Crippen LogP contribution in [-0.4, -0.2) is 17.7 Å². The molecule has 0 atom stereocenters. The lowest BCUT2D eigenvalue weighted by Gasteiger charge is -2.14. The van der Waals surface area contributed by atoms with Gasteiger partial charge >= 0.3 is 5.97 Å². The molecule has 0 radical (unpaired) electrons. The van der Waals surface area contributed by atoms with Crippen LogP contribution in [0.1, 0.15) is 41.7 Å².